The predicted molar refractivity (Wildman–Crippen MR) is 53.1 cm³/mol. The molecule has 0 aromatic carbocycles. The van der Waals surface area contributed by atoms with E-state index < -0.39 is 0 Å². The van der Waals surface area contributed by atoms with Crippen LogP contribution in [0.4, 0.5) is 0 Å². The quantitative estimate of drug-likeness (QED) is 0.703. The second kappa shape index (κ2) is 4.87. The molecule has 68 valence electrons. The Labute approximate surface area is 77.1 Å². The molecule has 0 spiro atoms. The van der Waals surface area contributed by atoms with E-state index in [1.54, 1.807) is 0 Å². The van der Waals surface area contributed by atoms with Crippen molar-refractivity contribution in [1.82, 2.24) is 5.32 Å². The van der Waals surface area contributed by atoms with Crippen molar-refractivity contribution in [2.24, 2.45) is 5.73 Å². The average Bonchev–Trinajstić information content (AvgIpc) is 1.84. The van der Waals surface area contributed by atoms with Gasteiger partial charge in [-0.1, -0.05) is 18.3 Å². The number of carbonyl (C=O) groups is 1. The number of nitrogens with one attached hydrogen (secondary N) is 1. The number of carbonyl (C=O) groups excluding carboxylic acids is 1. The number of hydrogen-bond acceptors (Lipinski definition) is 3. The summed E-state index contributed by atoms with van der Waals surface area (Å²) in [6.45, 7) is 8.79. The van der Waals surface area contributed by atoms with Gasteiger partial charge in [0.15, 0.2) is 0 Å². The first kappa shape index (κ1) is 11.1. The van der Waals surface area contributed by atoms with E-state index in [1.807, 2.05) is 13.8 Å². The van der Waals surface area contributed by atoms with Crippen molar-refractivity contribution < 1.29 is 4.79 Å². The number of thioether (sulfide) groups is 1. The molecular weight excluding hydrogens is 172 g/mol. The van der Waals surface area contributed by atoms with E-state index in [2.05, 4.69) is 11.9 Å². The third kappa shape index (κ3) is 4.85. The van der Waals surface area contributed by atoms with E-state index in [0.29, 0.717) is 5.03 Å². The van der Waals surface area contributed by atoms with Crippen molar-refractivity contribution in [3.05, 3.63) is 22.2 Å². The molecule has 0 atom stereocenters. The summed E-state index contributed by atoms with van der Waals surface area (Å²) in [5, 5.41) is 3.17. The molecule has 0 radical (unpaired) electrons. The molecule has 0 saturated carbocycles. The lowest BCUT2D eigenvalue weighted by Crippen LogP contribution is -2.16. The highest BCUT2D eigenvalue weighted by Crippen LogP contribution is 2.22. The molecule has 12 heavy (non-hydrogen) atoms. The van der Waals surface area contributed by atoms with Gasteiger partial charge in [0.2, 0.25) is 5.91 Å². The van der Waals surface area contributed by atoms with Gasteiger partial charge in [0.05, 0.1) is 5.03 Å². The minimum absolute atomic E-state index is 0.116. The summed E-state index contributed by atoms with van der Waals surface area (Å²) in [4.78, 5) is 11.5. The SMILES string of the molecule is C=C(NC(C)=O)S/C(C)=C(/C)N. The normalized spacial score (nSPS) is 11.9. The molecule has 0 aliphatic rings. The molecule has 0 fully saturated rings. The summed E-state index contributed by atoms with van der Waals surface area (Å²) in [7, 11) is 0. The zero-order valence-electron chi connectivity index (χ0n) is 7.60. The van der Waals surface area contributed by atoms with Gasteiger partial charge >= 0.3 is 0 Å². The van der Waals surface area contributed by atoms with Gasteiger partial charge < -0.3 is 11.1 Å². The van der Waals surface area contributed by atoms with E-state index in [9.17, 15) is 4.79 Å². The molecule has 0 saturated heterocycles. The molecule has 0 aliphatic heterocycles. The van der Waals surface area contributed by atoms with Crippen LogP contribution in [0.15, 0.2) is 22.2 Å². The summed E-state index contributed by atoms with van der Waals surface area (Å²) in [6.07, 6.45) is 0. The summed E-state index contributed by atoms with van der Waals surface area (Å²) >= 11 is 1.36. The first-order valence-corrected chi connectivity index (χ1v) is 4.32. The maximum Gasteiger partial charge on any atom is 0.221 e. The van der Waals surface area contributed by atoms with Crippen LogP contribution in [0, 0.1) is 0 Å². The standard InChI is InChI=1S/C8H14N2OS/c1-5(9)6(2)12-8(4)10-7(3)11/h4,9H2,1-3H3,(H,10,11)/b6-5-. The second-order valence-corrected chi connectivity index (χ2v) is 3.75. The van der Waals surface area contributed by atoms with E-state index in [0.717, 1.165) is 10.6 Å². The molecule has 0 aromatic rings. The highest BCUT2D eigenvalue weighted by atomic mass is 32.2. The van der Waals surface area contributed by atoms with Gasteiger partial charge in [-0.2, -0.15) is 0 Å². The fourth-order valence-electron chi connectivity index (χ4n) is 0.487. The predicted octanol–water partition coefficient (Wildman–Crippen LogP) is 1.54. The number of nitrogens with two attached hydrogens (primary N) is 1. The van der Waals surface area contributed by atoms with Crippen LogP contribution < -0.4 is 11.1 Å². The van der Waals surface area contributed by atoms with Gasteiger partial charge in [0.25, 0.3) is 0 Å². The van der Waals surface area contributed by atoms with E-state index >= 15 is 0 Å². The summed E-state index contributed by atoms with van der Waals surface area (Å²) in [5.74, 6) is -0.116. The van der Waals surface area contributed by atoms with Crippen LogP contribution in [-0.4, -0.2) is 5.91 Å². The molecule has 3 nitrogen and oxygen atoms in total. The van der Waals surface area contributed by atoms with Crippen molar-refractivity contribution in [3.8, 4) is 0 Å². The van der Waals surface area contributed by atoms with Gasteiger partial charge in [-0.25, -0.2) is 0 Å². The van der Waals surface area contributed by atoms with E-state index in [1.165, 1.54) is 18.7 Å². The Balaban J connectivity index is 4.03. The third-order valence-corrected chi connectivity index (χ3v) is 2.12. The molecule has 4 heteroatoms. The lowest BCUT2D eigenvalue weighted by Gasteiger charge is -2.06. The van der Waals surface area contributed by atoms with E-state index in [4.69, 9.17) is 5.73 Å². The molecule has 0 aliphatic carbocycles. The smallest absolute Gasteiger partial charge is 0.221 e. The van der Waals surface area contributed by atoms with Crippen LogP contribution in [-0.2, 0) is 4.79 Å². The van der Waals surface area contributed by atoms with Crippen LogP contribution >= 0.6 is 11.8 Å². The second-order valence-electron chi connectivity index (χ2n) is 2.45. The number of amides is 1. The lowest BCUT2D eigenvalue weighted by molar-refractivity contribution is -0.118. The van der Waals surface area contributed by atoms with Crippen LogP contribution in [0.25, 0.3) is 0 Å². The molecule has 0 rings (SSSR count). The fraction of sp³-hybridized carbons (Fsp3) is 0.375. The first-order valence-electron chi connectivity index (χ1n) is 3.50. The minimum atomic E-state index is -0.116. The molecule has 0 unspecified atom stereocenters. The number of rotatable bonds is 3. The largest absolute Gasteiger partial charge is 0.402 e. The Bertz CT molecular complexity index is 229. The molecule has 3 N–H and O–H groups in total. The minimum Gasteiger partial charge on any atom is -0.402 e. The van der Waals surface area contributed by atoms with Gasteiger partial charge in [-0.15, -0.1) is 0 Å². The maximum absolute atomic E-state index is 10.6. The Morgan fingerprint density at radius 1 is 1.42 bits per heavy atom. The van der Waals surface area contributed by atoms with Crippen molar-refractivity contribution in [3.63, 3.8) is 0 Å². The number of hydrogen-bond donors (Lipinski definition) is 2. The topological polar surface area (TPSA) is 55.1 Å². The molecule has 0 bridgehead atoms. The van der Waals surface area contributed by atoms with Crippen LogP contribution in [0.1, 0.15) is 20.8 Å². The Kier molecular flexibility index (Phi) is 4.51. The van der Waals surface area contributed by atoms with Crippen molar-refractivity contribution in [2.75, 3.05) is 0 Å². The number of allylic oxidation sites excluding steroid dienone is 2. The monoisotopic (exact) mass is 186 g/mol. The molecule has 0 heterocycles. The van der Waals surface area contributed by atoms with Crippen molar-refractivity contribution in [2.45, 2.75) is 20.8 Å². The highest BCUT2D eigenvalue weighted by Gasteiger charge is 1.99. The summed E-state index contributed by atoms with van der Waals surface area (Å²) in [5.41, 5.74) is 6.26. The highest BCUT2D eigenvalue weighted by molar-refractivity contribution is 8.06. The summed E-state index contributed by atoms with van der Waals surface area (Å²) in [6, 6.07) is 0. The van der Waals surface area contributed by atoms with Crippen LogP contribution in [0.3, 0.4) is 0 Å². The maximum atomic E-state index is 10.6. The average molecular weight is 186 g/mol. The summed E-state index contributed by atoms with van der Waals surface area (Å²) < 4.78 is 0. The zero-order chi connectivity index (χ0) is 9.72. The van der Waals surface area contributed by atoms with Gasteiger partial charge in [0, 0.05) is 17.5 Å². The Morgan fingerprint density at radius 3 is 2.25 bits per heavy atom. The third-order valence-electron chi connectivity index (χ3n) is 1.15. The van der Waals surface area contributed by atoms with Crippen LogP contribution in [0.5, 0.6) is 0 Å². The fourth-order valence-corrected chi connectivity index (χ4v) is 1.21. The van der Waals surface area contributed by atoms with Gasteiger partial charge in [-0.3, -0.25) is 4.79 Å². The molecule has 0 aromatic heterocycles. The van der Waals surface area contributed by atoms with Crippen molar-refractivity contribution in [1.29, 1.82) is 0 Å². The van der Waals surface area contributed by atoms with Crippen molar-refractivity contribution >= 4 is 17.7 Å². The molecular formula is C8H14N2OS. The first-order chi connectivity index (χ1) is 5.43. The zero-order valence-corrected chi connectivity index (χ0v) is 8.42. The molecule has 1 amide bonds. The van der Waals surface area contributed by atoms with Gasteiger partial charge in [-0.05, 0) is 13.8 Å². The van der Waals surface area contributed by atoms with Crippen LogP contribution in [0.2, 0.25) is 0 Å². The van der Waals surface area contributed by atoms with E-state index in [-0.39, 0.29) is 5.91 Å². The lowest BCUT2D eigenvalue weighted by atomic mass is 10.5. The Hall–Kier alpha value is -0.900. The Morgan fingerprint density at radius 2 is 1.92 bits per heavy atom. The van der Waals surface area contributed by atoms with Gasteiger partial charge in [0.1, 0.15) is 0 Å².